The zero-order chi connectivity index (χ0) is 15.3. The zero-order valence-electron chi connectivity index (χ0n) is 11.4. The molecule has 0 amide bonds. The molecule has 0 aliphatic rings. The highest BCUT2D eigenvalue weighted by molar-refractivity contribution is 6.29. The van der Waals surface area contributed by atoms with Crippen molar-refractivity contribution in [2.24, 2.45) is 14.1 Å². The highest BCUT2D eigenvalue weighted by atomic mass is 35.5. The van der Waals surface area contributed by atoms with Crippen molar-refractivity contribution in [1.29, 1.82) is 0 Å². The van der Waals surface area contributed by atoms with Crippen LogP contribution in [-0.4, -0.2) is 18.7 Å². The maximum absolute atomic E-state index is 12.4. The SMILES string of the molecule is Cn1c(=O)c2c(nc(Cl)n2-c2ccc(N)cc2)n(C)c1=O. The highest BCUT2D eigenvalue weighted by Crippen LogP contribution is 2.22. The van der Waals surface area contributed by atoms with E-state index in [-0.39, 0.29) is 16.4 Å². The normalized spacial score (nSPS) is 11.2. The van der Waals surface area contributed by atoms with Crippen LogP contribution >= 0.6 is 11.6 Å². The first kappa shape index (κ1) is 13.4. The Morgan fingerprint density at radius 1 is 1.10 bits per heavy atom. The number of nitrogens with zero attached hydrogens (tertiary/aromatic N) is 4. The third-order valence-electron chi connectivity index (χ3n) is 3.37. The molecule has 3 aromatic rings. The van der Waals surface area contributed by atoms with Crippen molar-refractivity contribution in [3.05, 3.63) is 50.4 Å². The van der Waals surface area contributed by atoms with Gasteiger partial charge in [0.05, 0.1) is 0 Å². The van der Waals surface area contributed by atoms with Crippen molar-refractivity contribution in [3.63, 3.8) is 0 Å². The van der Waals surface area contributed by atoms with Gasteiger partial charge < -0.3 is 5.73 Å². The van der Waals surface area contributed by atoms with E-state index in [4.69, 9.17) is 17.3 Å². The summed E-state index contributed by atoms with van der Waals surface area (Å²) in [6.07, 6.45) is 0. The standard InChI is InChI=1S/C13H12ClN5O2/c1-17-10-9(11(20)18(2)13(17)21)19(12(14)16-10)8-5-3-7(15)4-6-8/h3-6H,15H2,1-2H3. The van der Waals surface area contributed by atoms with Gasteiger partial charge in [0.1, 0.15) is 0 Å². The molecule has 8 heteroatoms. The topological polar surface area (TPSA) is 87.8 Å². The van der Waals surface area contributed by atoms with E-state index < -0.39 is 11.2 Å². The van der Waals surface area contributed by atoms with Gasteiger partial charge in [-0.1, -0.05) is 0 Å². The number of aromatic nitrogens is 4. The number of fused-ring (bicyclic) bond motifs is 1. The summed E-state index contributed by atoms with van der Waals surface area (Å²) in [6, 6.07) is 6.85. The van der Waals surface area contributed by atoms with E-state index in [9.17, 15) is 9.59 Å². The lowest BCUT2D eigenvalue weighted by Gasteiger charge is -2.07. The van der Waals surface area contributed by atoms with E-state index in [2.05, 4.69) is 4.98 Å². The van der Waals surface area contributed by atoms with Crippen LogP contribution in [0.25, 0.3) is 16.9 Å². The van der Waals surface area contributed by atoms with Gasteiger partial charge in [-0.2, -0.15) is 4.98 Å². The van der Waals surface area contributed by atoms with Gasteiger partial charge in [-0.3, -0.25) is 18.5 Å². The van der Waals surface area contributed by atoms with E-state index >= 15 is 0 Å². The minimum Gasteiger partial charge on any atom is -0.399 e. The van der Waals surface area contributed by atoms with Gasteiger partial charge >= 0.3 is 5.69 Å². The second-order valence-electron chi connectivity index (χ2n) is 4.69. The number of aryl methyl sites for hydroxylation is 1. The second-order valence-corrected chi connectivity index (χ2v) is 5.02. The Balaban J connectivity index is 2.50. The van der Waals surface area contributed by atoms with Crippen LogP contribution in [0.4, 0.5) is 5.69 Å². The molecule has 0 atom stereocenters. The van der Waals surface area contributed by atoms with Crippen molar-refractivity contribution in [2.45, 2.75) is 0 Å². The molecular formula is C13H12ClN5O2. The summed E-state index contributed by atoms with van der Waals surface area (Å²) in [5.41, 5.74) is 6.48. The Bertz CT molecular complexity index is 965. The lowest BCUT2D eigenvalue weighted by atomic mass is 10.3. The molecule has 21 heavy (non-hydrogen) atoms. The number of benzene rings is 1. The molecule has 2 aromatic heterocycles. The van der Waals surface area contributed by atoms with Crippen LogP contribution in [-0.2, 0) is 14.1 Å². The lowest BCUT2D eigenvalue weighted by molar-refractivity contribution is 0.707. The van der Waals surface area contributed by atoms with Gasteiger partial charge in [0.2, 0.25) is 5.28 Å². The van der Waals surface area contributed by atoms with Gasteiger partial charge in [0.25, 0.3) is 5.56 Å². The summed E-state index contributed by atoms with van der Waals surface area (Å²) in [7, 11) is 2.96. The molecule has 0 saturated heterocycles. The predicted octanol–water partition coefficient (Wildman–Crippen LogP) is 0.658. The lowest BCUT2D eigenvalue weighted by Crippen LogP contribution is -2.37. The quantitative estimate of drug-likeness (QED) is 0.528. The number of nitrogen functional groups attached to an aromatic ring is 1. The predicted molar refractivity (Wildman–Crippen MR) is 81.0 cm³/mol. The fraction of sp³-hybridized carbons (Fsp3) is 0.154. The summed E-state index contributed by atoms with van der Waals surface area (Å²) in [5.74, 6) is 0. The molecule has 0 aliphatic carbocycles. The molecule has 2 heterocycles. The van der Waals surface area contributed by atoms with Crippen molar-refractivity contribution in [2.75, 3.05) is 5.73 Å². The third-order valence-corrected chi connectivity index (χ3v) is 3.62. The Morgan fingerprint density at radius 3 is 2.33 bits per heavy atom. The minimum atomic E-state index is -0.454. The molecule has 108 valence electrons. The van der Waals surface area contributed by atoms with Crippen LogP contribution in [0.1, 0.15) is 0 Å². The number of hydrogen-bond donors (Lipinski definition) is 1. The number of nitrogens with two attached hydrogens (primary N) is 1. The second kappa shape index (κ2) is 4.49. The average Bonchev–Trinajstić information content (AvgIpc) is 2.81. The van der Waals surface area contributed by atoms with Crippen LogP contribution in [0, 0.1) is 0 Å². The van der Waals surface area contributed by atoms with Crippen LogP contribution in [0.3, 0.4) is 0 Å². The molecule has 0 saturated carbocycles. The molecule has 7 nitrogen and oxygen atoms in total. The maximum Gasteiger partial charge on any atom is 0.332 e. The maximum atomic E-state index is 12.4. The van der Waals surface area contributed by atoms with Gasteiger partial charge in [-0.15, -0.1) is 0 Å². The van der Waals surface area contributed by atoms with E-state index in [0.717, 1.165) is 4.57 Å². The Hall–Kier alpha value is -2.54. The van der Waals surface area contributed by atoms with Gasteiger partial charge in [0.15, 0.2) is 11.2 Å². The monoisotopic (exact) mass is 305 g/mol. The number of halogens is 1. The fourth-order valence-electron chi connectivity index (χ4n) is 2.23. The highest BCUT2D eigenvalue weighted by Gasteiger charge is 2.18. The minimum absolute atomic E-state index is 0.105. The first-order valence-electron chi connectivity index (χ1n) is 6.11. The molecule has 0 aliphatic heterocycles. The van der Waals surface area contributed by atoms with Crippen molar-refractivity contribution >= 4 is 28.5 Å². The molecule has 0 radical (unpaired) electrons. The summed E-state index contributed by atoms with van der Waals surface area (Å²) < 4.78 is 3.81. The van der Waals surface area contributed by atoms with Gasteiger partial charge in [0, 0.05) is 25.5 Å². The first-order valence-corrected chi connectivity index (χ1v) is 6.49. The van der Waals surface area contributed by atoms with Gasteiger partial charge in [-0.25, -0.2) is 4.79 Å². The van der Waals surface area contributed by atoms with E-state index in [0.29, 0.717) is 11.4 Å². The summed E-state index contributed by atoms with van der Waals surface area (Å²) in [4.78, 5) is 28.4. The van der Waals surface area contributed by atoms with Crippen molar-refractivity contribution in [3.8, 4) is 5.69 Å². The molecule has 0 fully saturated rings. The number of imidazole rings is 1. The van der Waals surface area contributed by atoms with Crippen LogP contribution in [0.15, 0.2) is 33.9 Å². The zero-order valence-corrected chi connectivity index (χ0v) is 12.1. The van der Waals surface area contributed by atoms with Crippen LogP contribution < -0.4 is 17.0 Å². The largest absolute Gasteiger partial charge is 0.399 e. The summed E-state index contributed by atoms with van der Waals surface area (Å²) in [6.45, 7) is 0. The number of anilines is 1. The van der Waals surface area contributed by atoms with Crippen molar-refractivity contribution in [1.82, 2.24) is 18.7 Å². The van der Waals surface area contributed by atoms with E-state index in [1.54, 1.807) is 31.3 Å². The Labute approximate surface area is 123 Å². The van der Waals surface area contributed by atoms with Crippen LogP contribution in [0.2, 0.25) is 5.28 Å². The molecular weight excluding hydrogens is 294 g/mol. The fourth-order valence-corrected chi connectivity index (χ4v) is 2.49. The summed E-state index contributed by atoms with van der Waals surface area (Å²) in [5, 5.41) is 0.105. The van der Waals surface area contributed by atoms with E-state index in [1.807, 2.05) is 0 Å². The van der Waals surface area contributed by atoms with Gasteiger partial charge in [-0.05, 0) is 35.9 Å². The van der Waals surface area contributed by atoms with Crippen LogP contribution in [0.5, 0.6) is 0 Å². The molecule has 0 spiro atoms. The average molecular weight is 306 g/mol. The molecule has 1 aromatic carbocycles. The smallest absolute Gasteiger partial charge is 0.332 e. The molecule has 0 unspecified atom stereocenters. The van der Waals surface area contributed by atoms with E-state index in [1.165, 1.54) is 16.2 Å². The first-order chi connectivity index (χ1) is 9.91. The molecule has 0 bridgehead atoms. The van der Waals surface area contributed by atoms with Crippen molar-refractivity contribution < 1.29 is 0 Å². The third kappa shape index (κ3) is 1.85. The summed E-state index contributed by atoms with van der Waals surface area (Å²) >= 11 is 6.15. The number of hydrogen-bond acceptors (Lipinski definition) is 4. The molecule has 2 N–H and O–H groups in total. The Kier molecular flexibility index (Phi) is 2.87. The number of rotatable bonds is 1. The Morgan fingerprint density at radius 2 is 1.71 bits per heavy atom. The molecule has 3 rings (SSSR count).